The number of aryl methyl sites for hydroxylation is 2. The van der Waals surface area contributed by atoms with Gasteiger partial charge in [-0.15, -0.1) is 0 Å². The molecule has 26 heavy (non-hydrogen) atoms. The Morgan fingerprint density at radius 2 is 1.73 bits per heavy atom. The number of benzene rings is 1. The topological polar surface area (TPSA) is 63.7 Å². The third-order valence-corrected chi connectivity index (χ3v) is 5.03. The number of rotatable bonds is 10. The molecule has 1 rings (SSSR count). The van der Waals surface area contributed by atoms with E-state index in [1.807, 2.05) is 32.0 Å². The molecule has 0 fully saturated rings. The molecule has 0 aliphatic heterocycles. The number of hydrogen-bond donors (Lipinski definition) is 0. The Kier molecular flexibility index (Phi) is 10.0. The molecule has 0 radical (unpaired) electrons. The number of amides is 1. The van der Waals surface area contributed by atoms with E-state index in [9.17, 15) is 14.4 Å². The van der Waals surface area contributed by atoms with Crippen LogP contribution in [0.15, 0.2) is 18.2 Å². The van der Waals surface area contributed by atoms with Gasteiger partial charge in [0, 0.05) is 6.42 Å². The molecule has 0 saturated heterocycles. The lowest BCUT2D eigenvalue weighted by Gasteiger charge is -2.25. The number of unbranched alkanes of at least 4 members (excludes halogenated alkanes) is 3. The fraction of sp³-hybridized carbons (Fsp3) is 0.550. The molecule has 5 nitrogen and oxygen atoms in total. The quantitative estimate of drug-likeness (QED) is 0.453. The maximum absolute atomic E-state index is 12.7. The Morgan fingerprint density at radius 3 is 2.31 bits per heavy atom. The second-order valence-corrected chi connectivity index (χ2v) is 7.30. The van der Waals surface area contributed by atoms with Gasteiger partial charge in [-0.2, -0.15) is 0 Å². The van der Waals surface area contributed by atoms with Crippen LogP contribution in [0.3, 0.4) is 0 Å². The van der Waals surface area contributed by atoms with Crippen molar-refractivity contribution >= 4 is 34.4 Å². The number of nitrogens with zero attached hydrogens (tertiary/aromatic N) is 1. The van der Waals surface area contributed by atoms with Crippen LogP contribution in [0, 0.1) is 13.8 Å². The zero-order valence-corrected chi connectivity index (χ0v) is 17.0. The number of esters is 1. The van der Waals surface area contributed by atoms with E-state index in [4.69, 9.17) is 4.74 Å². The summed E-state index contributed by atoms with van der Waals surface area (Å²) in [5.41, 5.74) is 2.51. The number of methoxy groups -OCH3 is 1. The molecule has 0 aliphatic rings. The summed E-state index contributed by atoms with van der Waals surface area (Å²) in [6.07, 6.45) is 4.62. The second kappa shape index (κ2) is 11.7. The van der Waals surface area contributed by atoms with Crippen LogP contribution in [0.2, 0.25) is 0 Å². The van der Waals surface area contributed by atoms with Crippen molar-refractivity contribution in [1.29, 1.82) is 0 Å². The van der Waals surface area contributed by atoms with Gasteiger partial charge in [-0.05, 0) is 31.4 Å². The van der Waals surface area contributed by atoms with Crippen LogP contribution in [0.1, 0.15) is 50.2 Å². The lowest BCUT2D eigenvalue weighted by molar-refractivity contribution is -0.139. The van der Waals surface area contributed by atoms with E-state index in [1.54, 1.807) is 0 Å². The normalized spacial score (nSPS) is 10.5. The monoisotopic (exact) mass is 379 g/mol. The molecule has 6 heteroatoms. The van der Waals surface area contributed by atoms with Crippen LogP contribution in [0.4, 0.5) is 5.69 Å². The van der Waals surface area contributed by atoms with Crippen LogP contribution < -0.4 is 4.90 Å². The molecule has 0 spiro atoms. The summed E-state index contributed by atoms with van der Waals surface area (Å²) < 4.78 is 4.73. The lowest BCUT2D eigenvalue weighted by atomic mass is 10.1. The highest BCUT2D eigenvalue weighted by Crippen LogP contribution is 2.25. The number of carbonyl (C=O) groups is 3. The molecule has 1 aromatic rings. The number of anilines is 1. The molecule has 0 saturated carbocycles. The van der Waals surface area contributed by atoms with Gasteiger partial charge >= 0.3 is 5.97 Å². The summed E-state index contributed by atoms with van der Waals surface area (Å²) >= 11 is 1.03. The lowest BCUT2D eigenvalue weighted by Crippen LogP contribution is -2.38. The molecule has 0 unspecified atom stereocenters. The number of hydrogen-bond acceptors (Lipinski definition) is 5. The van der Waals surface area contributed by atoms with Gasteiger partial charge in [0.25, 0.3) is 0 Å². The Hall–Kier alpha value is -1.82. The van der Waals surface area contributed by atoms with Crippen molar-refractivity contribution in [2.75, 3.05) is 24.3 Å². The SMILES string of the molecule is CCCCCCC(=O)SCC(=O)N(CC(=O)OC)c1c(C)cccc1C. The first-order valence-corrected chi connectivity index (χ1v) is 9.98. The summed E-state index contributed by atoms with van der Waals surface area (Å²) in [6, 6.07) is 5.70. The number of carbonyl (C=O) groups excluding carboxylic acids is 3. The third-order valence-electron chi connectivity index (χ3n) is 4.12. The van der Waals surface area contributed by atoms with E-state index in [0.29, 0.717) is 12.1 Å². The minimum absolute atomic E-state index is 0.0222. The number of thioether (sulfide) groups is 1. The highest BCUT2D eigenvalue weighted by atomic mass is 32.2. The predicted octanol–water partition coefficient (Wildman–Crippen LogP) is 4.04. The number of para-hydroxylation sites is 1. The summed E-state index contributed by atoms with van der Waals surface area (Å²) in [5, 5.41) is 0.0222. The summed E-state index contributed by atoms with van der Waals surface area (Å²) in [4.78, 5) is 37.9. The zero-order valence-electron chi connectivity index (χ0n) is 16.2. The average molecular weight is 380 g/mol. The van der Waals surface area contributed by atoms with Gasteiger partial charge in [0.1, 0.15) is 6.54 Å². The van der Waals surface area contributed by atoms with Crippen molar-refractivity contribution < 1.29 is 19.1 Å². The highest BCUT2D eigenvalue weighted by molar-refractivity contribution is 8.14. The molecule has 144 valence electrons. The number of ether oxygens (including phenoxy) is 1. The smallest absolute Gasteiger partial charge is 0.325 e. The molecule has 0 aromatic heterocycles. The fourth-order valence-electron chi connectivity index (χ4n) is 2.71. The highest BCUT2D eigenvalue weighted by Gasteiger charge is 2.23. The van der Waals surface area contributed by atoms with Gasteiger partial charge in [0.15, 0.2) is 5.12 Å². The van der Waals surface area contributed by atoms with E-state index in [1.165, 1.54) is 12.0 Å². The molecule has 0 N–H and O–H groups in total. The van der Waals surface area contributed by atoms with E-state index in [-0.39, 0.29) is 23.3 Å². The molecule has 0 bridgehead atoms. The van der Waals surface area contributed by atoms with Crippen molar-refractivity contribution in [3.05, 3.63) is 29.3 Å². The van der Waals surface area contributed by atoms with Gasteiger partial charge < -0.3 is 4.74 Å². The summed E-state index contributed by atoms with van der Waals surface area (Å²) in [5.74, 6) is -0.728. The van der Waals surface area contributed by atoms with Crippen LogP contribution in [-0.2, 0) is 19.1 Å². The molecular formula is C20H29NO4S. The molecule has 0 heterocycles. The van der Waals surface area contributed by atoms with Crippen molar-refractivity contribution in [3.8, 4) is 0 Å². The first-order valence-electron chi connectivity index (χ1n) is 8.99. The first-order chi connectivity index (χ1) is 12.4. The van der Waals surface area contributed by atoms with Crippen LogP contribution in [0.25, 0.3) is 0 Å². The Labute approximate surface area is 160 Å². The second-order valence-electron chi connectivity index (χ2n) is 6.27. The molecule has 1 aromatic carbocycles. The Morgan fingerprint density at radius 1 is 1.08 bits per heavy atom. The average Bonchev–Trinajstić information content (AvgIpc) is 2.62. The van der Waals surface area contributed by atoms with Crippen molar-refractivity contribution in [1.82, 2.24) is 0 Å². The molecular weight excluding hydrogens is 350 g/mol. The van der Waals surface area contributed by atoms with Crippen molar-refractivity contribution in [2.24, 2.45) is 0 Å². The Bertz CT molecular complexity index is 610. The van der Waals surface area contributed by atoms with E-state index >= 15 is 0 Å². The van der Waals surface area contributed by atoms with Crippen molar-refractivity contribution in [3.63, 3.8) is 0 Å². The van der Waals surface area contributed by atoms with E-state index in [0.717, 1.165) is 48.6 Å². The van der Waals surface area contributed by atoms with E-state index in [2.05, 4.69) is 6.92 Å². The fourth-order valence-corrected chi connectivity index (χ4v) is 3.43. The molecule has 0 atom stereocenters. The van der Waals surface area contributed by atoms with Gasteiger partial charge in [-0.25, -0.2) is 0 Å². The Balaban J connectivity index is 2.77. The minimum atomic E-state index is -0.489. The van der Waals surface area contributed by atoms with Crippen LogP contribution in [0.5, 0.6) is 0 Å². The third kappa shape index (κ3) is 7.20. The van der Waals surface area contributed by atoms with Gasteiger partial charge in [0.2, 0.25) is 5.91 Å². The van der Waals surface area contributed by atoms with Crippen LogP contribution in [-0.4, -0.2) is 36.4 Å². The minimum Gasteiger partial charge on any atom is -0.468 e. The maximum atomic E-state index is 12.7. The van der Waals surface area contributed by atoms with Gasteiger partial charge in [-0.3, -0.25) is 19.3 Å². The zero-order chi connectivity index (χ0) is 19.5. The summed E-state index contributed by atoms with van der Waals surface area (Å²) in [6.45, 7) is 5.75. The van der Waals surface area contributed by atoms with E-state index < -0.39 is 5.97 Å². The van der Waals surface area contributed by atoms with Crippen molar-refractivity contribution in [2.45, 2.75) is 52.9 Å². The maximum Gasteiger partial charge on any atom is 0.325 e. The van der Waals surface area contributed by atoms with Gasteiger partial charge in [0.05, 0.1) is 18.6 Å². The molecule has 0 aliphatic carbocycles. The van der Waals surface area contributed by atoms with Gasteiger partial charge in [-0.1, -0.05) is 56.1 Å². The molecule has 1 amide bonds. The predicted molar refractivity (Wildman–Crippen MR) is 107 cm³/mol. The largest absolute Gasteiger partial charge is 0.468 e. The summed E-state index contributed by atoms with van der Waals surface area (Å²) in [7, 11) is 1.30. The first kappa shape index (κ1) is 22.2. The van der Waals surface area contributed by atoms with Crippen LogP contribution >= 0.6 is 11.8 Å². The standard InChI is InChI=1S/C20H29NO4S/c1-5-6-7-8-12-19(24)26-14-17(22)21(13-18(23)25-4)20-15(2)10-9-11-16(20)3/h9-11H,5-8,12-14H2,1-4H3.